The van der Waals surface area contributed by atoms with Crippen molar-refractivity contribution in [2.45, 2.75) is 19.8 Å². The van der Waals surface area contributed by atoms with Crippen LogP contribution in [0.2, 0.25) is 0 Å². The first-order valence-corrected chi connectivity index (χ1v) is 5.58. The second kappa shape index (κ2) is 5.30. The van der Waals surface area contributed by atoms with Crippen molar-refractivity contribution in [2.75, 3.05) is 11.9 Å². The van der Waals surface area contributed by atoms with Crippen LogP contribution < -0.4 is 5.32 Å². The maximum Gasteiger partial charge on any atom is 0.137 e. The normalized spacial score (nSPS) is 10.3. The monoisotopic (exact) mass is 216 g/mol. The standard InChI is InChI=1S/C12H16N4/c1-2-3-6-14-11-4-5-12(15-9-11)16-8-7-13-10-16/h4-5,7-10,14H,2-3,6H2,1H3. The second-order valence-electron chi connectivity index (χ2n) is 3.66. The molecule has 0 aliphatic heterocycles. The zero-order valence-corrected chi connectivity index (χ0v) is 9.43. The van der Waals surface area contributed by atoms with E-state index in [0.29, 0.717) is 0 Å². The van der Waals surface area contributed by atoms with Crippen LogP contribution in [0.5, 0.6) is 0 Å². The molecule has 2 heterocycles. The first-order chi connectivity index (χ1) is 7.90. The zero-order chi connectivity index (χ0) is 11.2. The molecule has 0 fully saturated rings. The largest absolute Gasteiger partial charge is 0.384 e. The van der Waals surface area contributed by atoms with Crippen LogP contribution >= 0.6 is 0 Å². The van der Waals surface area contributed by atoms with Gasteiger partial charge in [0.15, 0.2) is 0 Å². The van der Waals surface area contributed by atoms with E-state index in [-0.39, 0.29) is 0 Å². The van der Waals surface area contributed by atoms with Crippen LogP contribution in [0.3, 0.4) is 0 Å². The van der Waals surface area contributed by atoms with Crippen LogP contribution in [-0.2, 0) is 0 Å². The number of rotatable bonds is 5. The Morgan fingerprint density at radius 2 is 2.31 bits per heavy atom. The molecule has 84 valence electrons. The molecule has 2 aromatic heterocycles. The van der Waals surface area contributed by atoms with E-state index >= 15 is 0 Å². The highest BCUT2D eigenvalue weighted by Crippen LogP contribution is 2.09. The molecule has 0 radical (unpaired) electrons. The topological polar surface area (TPSA) is 42.7 Å². The zero-order valence-electron chi connectivity index (χ0n) is 9.43. The third-order valence-corrected chi connectivity index (χ3v) is 2.38. The fourth-order valence-electron chi connectivity index (χ4n) is 1.45. The lowest BCUT2D eigenvalue weighted by Gasteiger charge is -2.06. The van der Waals surface area contributed by atoms with Crippen LogP contribution in [0.25, 0.3) is 5.82 Å². The van der Waals surface area contributed by atoms with Crippen LogP contribution in [0, 0.1) is 0 Å². The van der Waals surface area contributed by atoms with Gasteiger partial charge in [0.1, 0.15) is 12.1 Å². The van der Waals surface area contributed by atoms with Crippen LogP contribution in [0.4, 0.5) is 5.69 Å². The second-order valence-corrected chi connectivity index (χ2v) is 3.66. The van der Waals surface area contributed by atoms with Gasteiger partial charge in [0.2, 0.25) is 0 Å². The fraction of sp³-hybridized carbons (Fsp3) is 0.333. The maximum atomic E-state index is 4.36. The van der Waals surface area contributed by atoms with Crippen LogP contribution in [-0.4, -0.2) is 21.1 Å². The van der Waals surface area contributed by atoms with Gasteiger partial charge in [-0.2, -0.15) is 0 Å². The van der Waals surface area contributed by atoms with E-state index in [1.807, 2.05) is 29.1 Å². The Morgan fingerprint density at radius 3 is 2.94 bits per heavy atom. The number of hydrogen-bond acceptors (Lipinski definition) is 3. The molecule has 0 saturated heterocycles. The van der Waals surface area contributed by atoms with Gasteiger partial charge in [-0.25, -0.2) is 9.97 Å². The summed E-state index contributed by atoms with van der Waals surface area (Å²) in [6.45, 7) is 3.19. The first kappa shape index (κ1) is 10.7. The van der Waals surface area contributed by atoms with Gasteiger partial charge in [-0.05, 0) is 18.6 Å². The summed E-state index contributed by atoms with van der Waals surface area (Å²) in [5, 5.41) is 3.33. The summed E-state index contributed by atoms with van der Waals surface area (Å²) in [7, 11) is 0. The van der Waals surface area contributed by atoms with E-state index in [4.69, 9.17) is 0 Å². The third-order valence-electron chi connectivity index (χ3n) is 2.38. The average Bonchev–Trinajstić information content (AvgIpc) is 2.84. The summed E-state index contributed by atoms with van der Waals surface area (Å²) in [6.07, 6.45) is 9.61. The first-order valence-electron chi connectivity index (χ1n) is 5.58. The molecule has 2 rings (SSSR count). The molecule has 16 heavy (non-hydrogen) atoms. The molecule has 0 amide bonds. The molecule has 0 aliphatic rings. The number of unbranched alkanes of at least 4 members (excludes halogenated alkanes) is 1. The molecular formula is C12H16N4. The minimum Gasteiger partial charge on any atom is -0.384 e. The van der Waals surface area contributed by atoms with Gasteiger partial charge in [0, 0.05) is 18.9 Å². The van der Waals surface area contributed by atoms with E-state index in [2.05, 4.69) is 22.2 Å². The number of aromatic nitrogens is 3. The predicted molar refractivity (Wildman–Crippen MR) is 64.8 cm³/mol. The summed E-state index contributed by atoms with van der Waals surface area (Å²) in [5.74, 6) is 0.888. The van der Waals surface area contributed by atoms with Crippen molar-refractivity contribution in [2.24, 2.45) is 0 Å². The maximum absolute atomic E-state index is 4.36. The van der Waals surface area contributed by atoms with Crippen molar-refractivity contribution in [3.63, 3.8) is 0 Å². The van der Waals surface area contributed by atoms with Crippen molar-refractivity contribution in [1.29, 1.82) is 0 Å². The summed E-state index contributed by atoms with van der Waals surface area (Å²) >= 11 is 0. The Bertz CT molecular complexity index is 405. The highest BCUT2D eigenvalue weighted by molar-refractivity contribution is 5.43. The average molecular weight is 216 g/mol. The Balaban J connectivity index is 2.00. The molecular weight excluding hydrogens is 200 g/mol. The van der Waals surface area contributed by atoms with Gasteiger partial charge >= 0.3 is 0 Å². The summed E-state index contributed by atoms with van der Waals surface area (Å²) in [5.41, 5.74) is 1.07. The van der Waals surface area contributed by atoms with Gasteiger partial charge in [0.25, 0.3) is 0 Å². The summed E-state index contributed by atoms with van der Waals surface area (Å²) in [6, 6.07) is 4.02. The molecule has 2 aromatic rings. The lowest BCUT2D eigenvalue weighted by atomic mass is 10.3. The van der Waals surface area contributed by atoms with E-state index in [9.17, 15) is 0 Å². The Labute approximate surface area is 95.4 Å². The fourth-order valence-corrected chi connectivity index (χ4v) is 1.45. The third kappa shape index (κ3) is 2.59. The van der Waals surface area contributed by atoms with E-state index in [0.717, 1.165) is 18.1 Å². The molecule has 0 bridgehead atoms. The Hall–Kier alpha value is -1.84. The number of imidazole rings is 1. The minimum absolute atomic E-state index is 0.888. The lowest BCUT2D eigenvalue weighted by molar-refractivity contribution is 0.833. The van der Waals surface area contributed by atoms with Crippen molar-refractivity contribution >= 4 is 5.69 Å². The highest BCUT2D eigenvalue weighted by atomic mass is 15.1. The van der Waals surface area contributed by atoms with Crippen molar-refractivity contribution in [1.82, 2.24) is 14.5 Å². The SMILES string of the molecule is CCCCNc1ccc(-n2ccnc2)nc1. The van der Waals surface area contributed by atoms with Crippen molar-refractivity contribution in [3.8, 4) is 5.82 Å². The number of anilines is 1. The lowest BCUT2D eigenvalue weighted by Crippen LogP contribution is -2.02. The number of pyridine rings is 1. The van der Waals surface area contributed by atoms with Gasteiger partial charge in [-0.15, -0.1) is 0 Å². The molecule has 0 unspecified atom stereocenters. The number of nitrogens with zero attached hydrogens (tertiary/aromatic N) is 3. The Morgan fingerprint density at radius 1 is 1.38 bits per heavy atom. The van der Waals surface area contributed by atoms with Gasteiger partial charge in [-0.1, -0.05) is 13.3 Å². The summed E-state index contributed by atoms with van der Waals surface area (Å²) < 4.78 is 1.88. The van der Waals surface area contributed by atoms with Gasteiger partial charge in [0.05, 0.1) is 11.9 Å². The van der Waals surface area contributed by atoms with E-state index in [1.54, 1.807) is 12.5 Å². The smallest absolute Gasteiger partial charge is 0.137 e. The molecule has 0 aromatic carbocycles. The molecule has 0 atom stereocenters. The van der Waals surface area contributed by atoms with Crippen molar-refractivity contribution < 1.29 is 0 Å². The molecule has 0 spiro atoms. The molecule has 4 heteroatoms. The highest BCUT2D eigenvalue weighted by Gasteiger charge is 1.97. The minimum atomic E-state index is 0.888. The molecule has 0 aliphatic carbocycles. The molecule has 1 N–H and O–H groups in total. The van der Waals surface area contributed by atoms with E-state index < -0.39 is 0 Å². The van der Waals surface area contributed by atoms with Gasteiger partial charge in [-0.3, -0.25) is 4.57 Å². The summed E-state index contributed by atoms with van der Waals surface area (Å²) in [4.78, 5) is 8.35. The van der Waals surface area contributed by atoms with E-state index in [1.165, 1.54) is 12.8 Å². The molecule has 0 saturated carbocycles. The van der Waals surface area contributed by atoms with Crippen LogP contribution in [0.1, 0.15) is 19.8 Å². The molecule has 4 nitrogen and oxygen atoms in total. The number of nitrogens with one attached hydrogen (secondary N) is 1. The van der Waals surface area contributed by atoms with Gasteiger partial charge < -0.3 is 5.32 Å². The Kier molecular flexibility index (Phi) is 3.53. The van der Waals surface area contributed by atoms with Crippen molar-refractivity contribution in [3.05, 3.63) is 37.1 Å². The predicted octanol–water partition coefficient (Wildman–Crippen LogP) is 2.48. The van der Waals surface area contributed by atoms with Crippen LogP contribution in [0.15, 0.2) is 37.1 Å². The number of hydrogen-bond donors (Lipinski definition) is 1. The quantitative estimate of drug-likeness (QED) is 0.781.